The van der Waals surface area contributed by atoms with Crippen LogP contribution < -0.4 is 25.4 Å². The van der Waals surface area contributed by atoms with Gasteiger partial charge in [0.25, 0.3) is 5.91 Å². The number of carbonyl (C=O) groups is 1. The first kappa shape index (κ1) is 18.7. The molecular weight excluding hydrogens is 364 g/mol. The highest BCUT2D eigenvalue weighted by molar-refractivity contribution is 7.80. The van der Waals surface area contributed by atoms with Crippen molar-refractivity contribution < 1.29 is 14.3 Å². The number of ether oxygens (including phenoxy) is 2. The summed E-state index contributed by atoms with van der Waals surface area (Å²) in [5.41, 5.74) is 2.51. The number of methoxy groups -OCH3 is 2. The highest BCUT2D eigenvalue weighted by Gasteiger charge is 2.32. The zero-order valence-corrected chi connectivity index (χ0v) is 16.0. The largest absolute Gasteiger partial charge is 0.497 e. The van der Waals surface area contributed by atoms with Crippen LogP contribution in [0.4, 0.5) is 5.69 Å². The summed E-state index contributed by atoms with van der Waals surface area (Å²) < 4.78 is 10.8. The molecule has 2 heterocycles. The van der Waals surface area contributed by atoms with Crippen molar-refractivity contribution in [3.05, 3.63) is 59.6 Å². The molecule has 1 aliphatic rings. The zero-order chi connectivity index (χ0) is 19.4. The van der Waals surface area contributed by atoms with Gasteiger partial charge < -0.3 is 25.4 Å². The number of rotatable bonds is 5. The Morgan fingerprint density at radius 1 is 1.26 bits per heavy atom. The van der Waals surface area contributed by atoms with Crippen molar-refractivity contribution in [2.45, 2.75) is 13.0 Å². The molecule has 0 bridgehead atoms. The lowest BCUT2D eigenvalue weighted by atomic mass is 9.94. The van der Waals surface area contributed by atoms with Crippen LogP contribution in [0, 0.1) is 0 Å². The fourth-order valence-corrected chi connectivity index (χ4v) is 3.20. The van der Waals surface area contributed by atoms with E-state index >= 15 is 0 Å². The topological polar surface area (TPSA) is 84.5 Å². The fourth-order valence-electron chi connectivity index (χ4n) is 2.93. The van der Waals surface area contributed by atoms with Crippen molar-refractivity contribution in [3.63, 3.8) is 0 Å². The number of amides is 1. The molecule has 0 spiro atoms. The molecule has 3 N–H and O–H groups in total. The summed E-state index contributed by atoms with van der Waals surface area (Å²) in [6.07, 6.45) is 3.23. The van der Waals surface area contributed by atoms with E-state index in [-0.39, 0.29) is 5.91 Å². The van der Waals surface area contributed by atoms with Gasteiger partial charge in [0.2, 0.25) is 0 Å². The van der Waals surface area contributed by atoms with E-state index in [1.54, 1.807) is 50.9 Å². The van der Waals surface area contributed by atoms with Crippen LogP contribution in [-0.4, -0.2) is 30.2 Å². The number of nitrogens with one attached hydrogen (secondary N) is 3. The Kier molecular flexibility index (Phi) is 5.56. The number of hydrogen-bond donors (Lipinski definition) is 3. The lowest BCUT2D eigenvalue weighted by Gasteiger charge is -2.31. The molecule has 0 aliphatic carbocycles. The second-order valence-corrected chi connectivity index (χ2v) is 6.28. The number of carbonyl (C=O) groups excluding carboxylic acids is 1. The van der Waals surface area contributed by atoms with E-state index in [0.29, 0.717) is 33.6 Å². The molecule has 0 fully saturated rings. The molecule has 140 valence electrons. The maximum absolute atomic E-state index is 13.0. The molecule has 1 aromatic carbocycles. The van der Waals surface area contributed by atoms with Crippen molar-refractivity contribution in [3.8, 4) is 11.5 Å². The van der Waals surface area contributed by atoms with Gasteiger partial charge in [-0.2, -0.15) is 0 Å². The fraction of sp³-hybridized carbons (Fsp3) is 0.211. The van der Waals surface area contributed by atoms with Gasteiger partial charge in [-0.05, 0) is 49.5 Å². The first-order chi connectivity index (χ1) is 13.0. The summed E-state index contributed by atoms with van der Waals surface area (Å²) in [6, 6.07) is 8.46. The van der Waals surface area contributed by atoms with Crippen molar-refractivity contribution in [1.29, 1.82) is 0 Å². The maximum atomic E-state index is 13.0. The number of allylic oxidation sites excluding steroid dienone is 1. The molecule has 0 saturated carbocycles. The predicted octanol–water partition coefficient (Wildman–Crippen LogP) is 2.53. The smallest absolute Gasteiger partial charge is 0.255 e. The quantitative estimate of drug-likeness (QED) is 0.683. The minimum absolute atomic E-state index is 0.266. The van der Waals surface area contributed by atoms with Gasteiger partial charge in [-0.1, -0.05) is 0 Å². The molecule has 2 aromatic rings. The van der Waals surface area contributed by atoms with Crippen LogP contribution in [0.15, 0.2) is 54.0 Å². The minimum atomic E-state index is -0.500. The van der Waals surface area contributed by atoms with Gasteiger partial charge in [0.15, 0.2) is 5.11 Å². The predicted molar refractivity (Wildman–Crippen MR) is 107 cm³/mol. The van der Waals surface area contributed by atoms with Gasteiger partial charge in [0.1, 0.15) is 11.5 Å². The van der Waals surface area contributed by atoms with Gasteiger partial charge in [0, 0.05) is 17.5 Å². The van der Waals surface area contributed by atoms with Gasteiger partial charge in [-0.3, -0.25) is 9.78 Å². The van der Waals surface area contributed by atoms with Crippen LogP contribution in [0.1, 0.15) is 18.5 Å². The van der Waals surface area contributed by atoms with Crippen molar-refractivity contribution in [2.24, 2.45) is 0 Å². The second kappa shape index (κ2) is 8.05. The Bertz CT molecular complexity index is 899. The molecule has 1 amide bonds. The van der Waals surface area contributed by atoms with E-state index in [1.165, 1.54) is 0 Å². The average molecular weight is 384 g/mol. The van der Waals surface area contributed by atoms with Gasteiger partial charge in [-0.15, -0.1) is 0 Å². The summed E-state index contributed by atoms with van der Waals surface area (Å²) in [4.78, 5) is 17.1. The number of nitrogens with zero attached hydrogens (tertiary/aromatic N) is 1. The number of pyridine rings is 1. The Balaban J connectivity index is 2.03. The Labute approximate surface area is 162 Å². The minimum Gasteiger partial charge on any atom is -0.497 e. The van der Waals surface area contributed by atoms with Crippen LogP contribution in [0.5, 0.6) is 11.5 Å². The second-order valence-electron chi connectivity index (χ2n) is 5.87. The number of anilines is 1. The molecule has 27 heavy (non-hydrogen) atoms. The lowest BCUT2D eigenvalue weighted by Crippen LogP contribution is -2.45. The van der Waals surface area contributed by atoms with Crippen molar-refractivity contribution >= 4 is 28.9 Å². The SMILES string of the molecule is COc1ccc(OC)c([C@H]2NC(=S)NC(C)=C2C(=O)Nc2cccnc2)c1. The maximum Gasteiger partial charge on any atom is 0.255 e. The Morgan fingerprint density at radius 3 is 2.74 bits per heavy atom. The Morgan fingerprint density at radius 2 is 2.07 bits per heavy atom. The van der Waals surface area contributed by atoms with E-state index in [1.807, 2.05) is 13.0 Å². The molecule has 0 saturated heterocycles. The summed E-state index contributed by atoms with van der Waals surface area (Å²) >= 11 is 5.30. The average Bonchev–Trinajstić information content (AvgIpc) is 2.67. The molecule has 1 aromatic heterocycles. The summed E-state index contributed by atoms with van der Waals surface area (Å²) in [7, 11) is 3.17. The molecule has 7 nitrogen and oxygen atoms in total. The summed E-state index contributed by atoms with van der Waals surface area (Å²) in [6.45, 7) is 1.81. The van der Waals surface area contributed by atoms with Crippen LogP contribution in [0.3, 0.4) is 0 Å². The van der Waals surface area contributed by atoms with Gasteiger partial charge >= 0.3 is 0 Å². The third kappa shape index (κ3) is 4.01. The van der Waals surface area contributed by atoms with Crippen LogP contribution in [-0.2, 0) is 4.79 Å². The van der Waals surface area contributed by atoms with E-state index in [0.717, 1.165) is 5.56 Å². The molecule has 1 atom stereocenters. The molecule has 1 aliphatic heterocycles. The standard InChI is InChI=1S/C19H20N4O3S/c1-11-16(18(24)22-12-5-4-8-20-10-12)17(23-19(27)21-11)14-9-13(25-2)6-7-15(14)26-3/h4-10,17H,1-3H3,(H,22,24)(H2,21,23,27)/t17-/m1/s1. The number of hydrogen-bond acceptors (Lipinski definition) is 5. The van der Waals surface area contributed by atoms with Crippen molar-refractivity contribution in [1.82, 2.24) is 15.6 Å². The highest BCUT2D eigenvalue weighted by atomic mass is 32.1. The first-order valence-corrected chi connectivity index (χ1v) is 8.66. The van der Waals surface area contributed by atoms with E-state index in [2.05, 4.69) is 20.9 Å². The number of benzene rings is 1. The Hall–Kier alpha value is -3.13. The third-order valence-corrected chi connectivity index (χ3v) is 4.40. The molecular formula is C19H20N4O3S. The first-order valence-electron chi connectivity index (χ1n) is 8.25. The van der Waals surface area contributed by atoms with Gasteiger partial charge in [-0.25, -0.2) is 0 Å². The van der Waals surface area contributed by atoms with Gasteiger partial charge in [0.05, 0.1) is 37.7 Å². The highest BCUT2D eigenvalue weighted by Crippen LogP contribution is 2.35. The molecule has 3 rings (SSSR count). The van der Waals surface area contributed by atoms with E-state index < -0.39 is 6.04 Å². The monoisotopic (exact) mass is 384 g/mol. The van der Waals surface area contributed by atoms with Crippen LogP contribution in [0.2, 0.25) is 0 Å². The number of thiocarbonyl (C=S) groups is 1. The summed E-state index contributed by atoms with van der Waals surface area (Å²) in [5, 5.41) is 9.47. The van der Waals surface area contributed by atoms with Crippen LogP contribution in [0.25, 0.3) is 0 Å². The number of aromatic nitrogens is 1. The zero-order valence-electron chi connectivity index (χ0n) is 15.2. The van der Waals surface area contributed by atoms with E-state index in [4.69, 9.17) is 21.7 Å². The summed E-state index contributed by atoms with van der Waals surface area (Å²) in [5.74, 6) is 1.01. The lowest BCUT2D eigenvalue weighted by molar-refractivity contribution is -0.113. The molecule has 0 radical (unpaired) electrons. The molecule has 8 heteroatoms. The van der Waals surface area contributed by atoms with E-state index in [9.17, 15) is 4.79 Å². The van der Waals surface area contributed by atoms with Crippen LogP contribution >= 0.6 is 12.2 Å². The molecule has 0 unspecified atom stereocenters. The van der Waals surface area contributed by atoms with Crippen molar-refractivity contribution in [2.75, 3.05) is 19.5 Å². The third-order valence-electron chi connectivity index (χ3n) is 4.18. The normalized spacial score (nSPS) is 16.3.